The number of amides is 2. The van der Waals surface area contributed by atoms with Crippen molar-refractivity contribution in [1.82, 2.24) is 14.9 Å². The van der Waals surface area contributed by atoms with Crippen LogP contribution in [0.3, 0.4) is 0 Å². The summed E-state index contributed by atoms with van der Waals surface area (Å²) in [5.74, 6) is 1.03. The van der Waals surface area contributed by atoms with Crippen molar-refractivity contribution in [2.75, 3.05) is 11.9 Å². The van der Waals surface area contributed by atoms with Crippen molar-refractivity contribution >= 4 is 12.0 Å². The van der Waals surface area contributed by atoms with E-state index >= 15 is 0 Å². The molecular weight excluding hydrogens is 280 g/mol. The van der Waals surface area contributed by atoms with Crippen LogP contribution in [0.1, 0.15) is 44.9 Å². The minimum absolute atomic E-state index is 0.147. The van der Waals surface area contributed by atoms with E-state index in [1.54, 1.807) is 18.7 Å². The molecule has 0 saturated carbocycles. The van der Waals surface area contributed by atoms with Crippen molar-refractivity contribution in [3.8, 4) is 0 Å². The number of aromatic nitrogens is 2. The Morgan fingerprint density at radius 3 is 2.86 bits per heavy atom. The predicted molar refractivity (Wildman–Crippen MR) is 83.6 cm³/mol. The predicted octanol–water partition coefficient (Wildman–Crippen LogP) is 1.98. The van der Waals surface area contributed by atoms with Gasteiger partial charge in [0.15, 0.2) is 0 Å². The molecule has 1 aromatic heterocycles. The Hall–Kier alpha value is -1.69. The van der Waals surface area contributed by atoms with E-state index < -0.39 is 5.60 Å². The van der Waals surface area contributed by atoms with Crippen LogP contribution in [0.15, 0.2) is 6.20 Å². The Bertz CT molecular complexity index is 582. The number of carbonyl (C=O) groups is 1. The molecule has 1 saturated heterocycles. The van der Waals surface area contributed by atoms with E-state index in [1.165, 1.54) is 5.56 Å². The first-order chi connectivity index (χ1) is 10.3. The fraction of sp³-hybridized carbons (Fsp3) is 0.688. The normalized spacial score (nSPS) is 24.5. The highest BCUT2D eigenvalue weighted by molar-refractivity contribution is 5.88. The Balaban J connectivity index is 1.68. The van der Waals surface area contributed by atoms with Gasteiger partial charge in [0.1, 0.15) is 0 Å². The number of carbonyl (C=O) groups excluding carboxylic acids is 1. The van der Waals surface area contributed by atoms with Gasteiger partial charge >= 0.3 is 6.03 Å². The molecule has 6 nitrogen and oxygen atoms in total. The third-order valence-corrected chi connectivity index (χ3v) is 4.71. The Labute approximate surface area is 131 Å². The number of aryl methyl sites for hydroxylation is 1. The first-order valence-electron chi connectivity index (χ1n) is 7.99. The maximum absolute atomic E-state index is 12.3. The molecule has 1 aliphatic carbocycles. The molecule has 2 unspecified atom stereocenters. The average Bonchev–Trinajstić information content (AvgIpc) is 2.35. The summed E-state index contributed by atoms with van der Waals surface area (Å²) in [6, 6.07) is -0.381. The second-order valence-electron chi connectivity index (χ2n) is 7.10. The second-order valence-corrected chi connectivity index (χ2v) is 7.10. The average molecular weight is 304 g/mol. The van der Waals surface area contributed by atoms with Crippen molar-refractivity contribution in [3.63, 3.8) is 0 Å². The molecule has 0 spiro atoms. The van der Waals surface area contributed by atoms with Crippen LogP contribution in [0, 0.1) is 5.92 Å². The number of nitrogens with one attached hydrogen (secondary N) is 1. The Kier molecular flexibility index (Phi) is 3.80. The zero-order valence-electron chi connectivity index (χ0n) is 13.5. The van der Waals surface area contributed by atoms with E-state index in [0.29, 0.717) is 18.4 Å². The summed E-state index contributed by atoms with van der Waals surface area (Å²) in [6.45, 7) is 6.35. The first-order valence-corrected chi connectivity index (χ1v) is 7.99. The minimum atomic E-state index is -0.886. The third kappa shape index (κ3) is 2.92. The van der Waals surface area contributed by atoms with Crippen molar-refractivity contribution in [3.05, 3.63) is 17.5 Å². The molecule has 1 fully saturated rings. The van der Waals surface area contributed by atoms with Crippen LogP contribution in [0.25, 0.3) is 0 Å². The smallest absolute Gasteiger partial charge is 0.324 e. The number of likely N-dealkylation sites (tertiary alicyclic amines) is 1. The van der Waals surface area contributed by atoms with Crippen LogP contribution in [-0.2, 0) is 12.8 Å². The molecule has 1 aliphatic heterocycles. The van der Waals surface area contributed by atoms with E-state index in [2.05, 4.69) is 22.2 Å². The minimum Gasteiger partial charge on any atom is -0.388 e. The molecule has 2 N–H and O–H groups in total. The number of anilines is 1. The molecule has 0 aromatic carbocycles. The van der Waals surface area contributed by atoms with Crippen LogP contribution in [0.4, 0.5) is 10.7 Å². The quantitative estimate of drug-likeness (QED) is 0.875. The molecular formula is C16H24N4O2. The van der Waals surface area contributed by atoms with Crippen molar-refractivity contribution in [2.24, 2.45) is 5.92 Å². The fourth-order valence-corrected chi connectivity index (χ4v) is 3.28. The highest BCUT2D eigenvalue weighted by Gasteiger charge is 2.41. The number of rotatable bonds is 2. The zero-order chi connectivity index (χ0) is 15.9. The Morgan fingerprint density at radius 1 is 1.45 bits per heavy atom. The number of hydrogen-bond acceptors (Lipinski definition) is 4. The second kappa shape index (κ2) is 5.50. The van der Waals surface area contributed by atoms with Gasteiger partial charge in [-0.2, -0.15) is 0 Å². The largest absolute Gasteiger partial charge is 0.388 e. The highest BCUT2D eigenvalue weighted by atomic mass is 16.3. The molecule has 120 valence electrons. The Morgan fingerprint density at radius 2 is 2.23 bits per heavy atom. The maximum atomic E-state index is 12.3. The maximum Gasteiger partial charge on any atom is 0.324 e. The van der Waals surface area contributed by atoms with Gasteiger partial charge in [-0.1, -0.05) is 6.92 Å². The SMILES string of the molecule is CC1CCc2nc(NC(=O)N3CCC3C(C)(C)O)ncc2C1. The summed E-state index contributed by atoms with van der Waals surface area (Å²) in [4.78, 5) is 22.7. The highest BCUT2D eigenvalue weighted by Crippen LogP contribution is 2.28. The van der Waals surface area contributed by atoms with Gasteiger partial charge in [-0.25, -0.2) is 14.8 Å². The monoisotopic (exact) mass is 304 g/mol. The number of fused-ring (bicyclic) bond motifs is 1. The van der Waals surface area contributed by atoms with Crippen LogP contribution < -0.4 is 5.32 Å². The van der Waals surface area contributed by atoms with Gasteiger partial charge in [0.05, 0.1) is 11.6 Å². The van der Waals surface area contributed by atoms with Crippen molar-refractivity contribution < 1.29 is 9.90 Å². The third-order valence-electron chi connectivity index (χ3n) is 4.71. The lowest BCUT2D eigenvalue weighted by molar-refractivity contribution is -0.0457. The van der Waals surface area contributed by atoms with E-state index in [1.807, 2.05) is 6.20 Å². The topological polar surface area (TPSA) is 78.4 Å². The summed E-state index contributed by atoms with van der Waals surface area (Å²) in [7, 11) is 0. The van der Waals surface area contributed by atoms with Crippen LogP contribution in [0.5, 0.6) is 0 Å². The molecule has 6 heteroatoms. The molecule has 2 amide bonds. The van der Waals surface area contributed by atoms with E-state index in [-0.39, 0.29) is 12.1 Å². The van der Waals surface area contributed by atoms with Crippen LogP contribution in [0.2, 0.25) is 0 Å². The van der Waals surface area contributed by atoms with Gasteiger partial charge < -0.3 is 10.0 Å². The summed E-state index contributed by atoms with van der Waals surface area (Å²) >= 11 is 0. The summed E-state index contributed by atoms with van der Waals surface area (Å²) in [5.41, 5.74) is 1.35. The lowest BCUT2D eigenvalue weighted by Gasteiger charge is -2.46. The molecule has 0 radical (unpaired) electrons. The van der Waals surface area contributed by atoms with Gasteiger partial charge in [0, 0.05) is 18.4 Å². The van der Waals surface area contributed by atoms with Crippen molar-refractivity contribution in [1.29, 1.82) is 0 Å². The van der Waals surface area contributed by atoms with E-state index in [0.717, 1.165) is 31.4 Å². The zero-order valence-corrected chi connectivity index (χ0v) is 13.5. The van der Waals surface area contributed by atoms with Gasteiger partial charge in [-0.15, -0.1) is 0 Å². The van der Waals surface area contributed by atoms with Crippen molar-refractivity contribution in [2.45, 2.75) is 58.1 Å². The lowest BCUT2D eigenvalue weighted by atomic mass is 9.88. The van der Waals surface area contributed by atoms with Gasteiger partial charge in [-0.05, 0) is 51.0 Å². The summed E-state index contributed by atoms with van der Waals surface area (Å²) in [5, 5.41) is 12.8. The van der Waals surface area contributed by atoms with Crippen LogP contribution >= 0.6 is 0 Å². The van der Waals surface area contributed by atoms with E-state index in [9.17, 15) is 9.90 Å². The molecule has 2 aliphatic rings. The van der Waals surface area contributed by atoms with Gasteiger partial charge in [-0.3, -0.25) is 5.32 Å². The number of urea groups is 1. The van der Waals surface area contributed by atoms with Gasteiger partial charge in [0.2, 0.25) is 5.95 Å². The van der Waals surface area contributed by atoms with Crippen LogP contribution in [-0.4, -0.2) is 44.2 Å². The molecule has 22 heavy (non-hydrogen) atoms. The summed E-state index contributed by atoms with van der Waals surface area (Å²) < 4.78 is 0. The molecule has 2 atom stereocenters. The number of nitrogens with zero attached hydrogens (tertiary/aromatic N) is 3. The number of hydrogen-bond donors (Lipinski definition) is 2. The lowest BCUT2D eigenvalue weighted by Crippen LogP contribution is -2.61. The molecule has 1 aromatic rings. The standard InChI is InChI=1S/C16H24N4O2/c1-10-4-5-12-11(8-10)9-17-14(18-12)19-15(21)20-7-6-13(20)16(2,3)22/h9-10,13,22H,4-8H2,1-3H3,(H,17,18,19,21). The van der Waals surface area contributed by atoms with Gasteiger partial charge in [0.25, 0.3) is 0 Å². The number of aliphatic hydroxyl groups is 1. The summed E-state index contributed by atoms with van der Waals surface area (Å²) in [6.07, 6.45) is 5.73. The molecule has 2 heterocycles. The van der Waals surface area contributed by atoms with E-state index in [4.69, 9.17) is 0 Å². The molecule has 0 bridgehead atoms. The molecule has 3 rings (SSSR count). The first kappa shape index (κ1) is 15.2. The fourth-order valence-electron chi connectivity index (χ4n) is 3.28.